The molecule has 0 spiro atoms. The molecule has 12 nitrogen and oxygen atoms in total. The third kappa shape index (κ3) is 11.3. The third-order valence-corrected chi connectivity index (χ3v) is 8.61. The van der Waals surface area contributed by atoms with Crippen molar-refractivity contribution in [1.82, 2.24) is 15.0 Å². The van der Waals surface area contributed by atoms with Crippen LogP contribution in [0.3, 0.4) is 0 Å². The largest absolute Gasteiger partial charge is 0.488 e. The minimum Gasteiger partial charge on any atom is -0.488 e. The van der Waals surface area contributed by atoms with Crippen LogP contribution in [0, 0.1) is 6.92 Å². The Morgan fingerprint density at radius 2 is 1.80 bits per heavy atom. The number of rotatable bonds is 16. The minimum absolute atomic E-state index is 0.00752. The number of nitrogens with one attached hydrogen (secondary N) is 2. The molecule has 0 radical (unpaired) electrons. The molecule has 14 heteroatoms. The van der Waals surface area contributed by atoms with Crippen LogP contribution in [0.4, 0.5) is 0 Å². The van der Waals surface area contributed by atoms with Crippen LogP contribution in [0.25, 0.3) is 11.1 Å². The van der Waals surface area contributed by atoms with Crippen molar-refractivity contribution in [3.63, 3.8) is 0 Å². The molecule has 0 bridgehead atoms. The molecular formula is C36H40ClN3O9S. The van der Waals surface area contributed by atoms with Gasteiger partial charge in [0.2, 0.25) is 0 Å². The van der Waals surface area contributed by atoms with Crippen LogP contribution in [0.15, 0.2) is 71.9 Å². The monoisotopic (exact) mass is 725 g/mol. The molecule has 4 aromatic rings. The number of aliphatic hydroxyl groups excluding tert-OH is 1. The number of aromatic nitrogens is 1. The average Bonchev–Trinajstić information content (AvgIpc) is 3.12. The maximum atomic E-state index is 10.8. The van der Waals surface area contributed by atoms with Gasteiger partial charge in [-0.1, -0.05) is 35.9 Å². The zero-order chi connectivity index (χ0) is 35.9. The summed E-state index contributed by atoms with van der Waals surface area (Å²) < 4.78 is 27.1. The molecule has 1 aliphatic heterocycles. The highest BCUT2D eigenvalue weighted by Crippen LogP contribution is 2.37. The van der Waals surface area contributed by atoms with Crippen LogP contribution in [-0.4, -0.2) is 65.2 Å². The van der Waals surface area contributed by atoms with Crippen LogP contribution in [-0.2, 0) is 29.3 Å². The molecular weight excluding hydrogens is 686 g/mol. The van der Waals surface area contributed by atoms with Gasteiger partial charge in [0, 0.05) is 53.6 Å². The summed E-state index contributed by atoms with van der Waals surface area (Å²) in [4.78, 5) is 24.3. The first-order valence-corrected chi connectivity index (χ1v) is 17.0. The van der Waals surface area contributed by atoms with E-state index in [0.29, 0.717) is 49.4 Å². The average molecular weight is 726 g/mol. The fourth-order valence-corrected chi connectivity index (χ4v) is 5.81. The number of benzene rings is 3. The highest BCUT2D eigenvalue weighted by Gasteiger charge is 2.16. The van der Waals surface area contributed by atoms with Gasteiger partial charge < -0.3 is 39.6 Å². The SMILES string of the molecule is Cc1c(COc2cc(OCc3cncc(SNCCC(=O)O)c3)c(CNC(C)CO)cc2Cl)cccc1-c1ccc2c(c1)OCCO2.O=CO. The molecule has 0 saturated heterocycles. The first-order valence-electron chi connectivity index (χ1n) is 15.8. The molecule has 0 fully saturated rings. The van der Waals surface area contributed by atoms with Crippen molar-refractivity contribution < 1.29 is 43.9 Å². The number of carbonyl (C=O) groups is 2. The second-order valence-electron chi connectivity index (χ2n) is 11.2. The second-order valence-corrected chi connectivity index (χ2v) is 12.5. The van der Waals surface area contributed by atoms with Gasteiger partial charge in [-0.2, -0.15) is 0 Å². The van der Waals surface area contributed by atoms with Crippen molar-refractivity contribution >= 4 is 36.0 Å². The molecule has 5 rings (SSSR count). The number of carboxylic acids is 1. The van der Waals surface area contributed by atoms with E-state index in [2.05, 4.69) is 28.0 Å². The lowest BCUT2D eigenvalue weighted by atomic mass is 9.96. The van der Waals surface area contributed by atoms with Crippen molar-refractivity contribution in [3.8, 4) is 34.1 Å². The number of hydrogen-bond donors (Lipinski definition) is 5. The number of halogens is 1. The fourth-order valence-electron chi connectivity index (χ4n) is 4.88. The van der Waals surface area contributed by atoms with Gasteiger partial charge in [0.15, 0.2) is 11.5 Å². The van der Waals surface area contributed by atoms with E-state index in [1.165, 1.54) is 11.9 Å². The molecule has 0 amide bonds. The summed E-state index contributed by atoms with van der Waals surface area (Å²) in [7, 11) is 0. The van der Waals surface area contributed by atoms with Crippen molar-refractivity contribution in [1.29, 1.82) is 0 Å². The predicted molar refractivity (Wildman–Crippen MR) is 190 cm³/mol. The smallest absolute Gasteiger partial charge is 0.304 e. The normalized spacial score (nSPS) is 12.3. The van der Waals surface area contributed by atoms with Crippen molar-refractivity contribution in [2.75, 3.05) is 26.4 Å². The molecule has 266 valence electrons. The fraction of sp³-hybridized carbons (Fsp3) is 0.306. The highest BCUT2D eigenvalue weighted by atomic mass is 35.5. The zero-order valence-corrected chi connectivity index (χ0v) is 29.3. The number of nitrogens with zero attached hydrogens (tertiary/aromatic N) is 1. The number of aliphatic hydroxyl groups is 1. The predicted octanol–water partition coefficient (Wildman–Crippen LogP) is 5.88. The van der Waals surface area contributed by atoms with E-state index >= 15 is 0 Å². The molecule has 2 heterocycles. The van der Waals surface area contributed by atoms with Crippen molar-refractivity contribution in [3.05, 3.63) is 94.3 Å². The Morgan fingerprint density at radius 3 is 2.56 bits per heavy atom. The van der Waals surface area contributed by atoms with E-state index in [1.54, 1.807) is 18.5 Å². The van der Waals surface area contributed by atoms with Crippen molar-refractivity contribution in [2.24, 2.45) is 0 Å². The summed E-state index contributed by atoms with van der Waals surface area (Å²) in [6.45, 7) is 6.06. The lowest BCUT2D eigenvalue weighted by molar-refractivity contribution is -0.136. The van der Waals surface area contributed by atoms with E-state index in [0.717, 1.165) is 49.8 Å². The second kappa shape index (κ2) is 19.6. The number of hydrogen-bond acceptors (Lipinski definition) is 11. The van der Waals surface area contributed by atoms with Gasteiger partial charge in [-0.15, -0.1) is 0 Å². The third-order valence-electron chi connectivity index (χ3n) is 7.51. The first-order chi connectivity index (χ1) is 24.2. The Hall–Kier alpha value is -4.53. The Bertz CT molecular complexity index is 1740. The van der Waals surface area contributed by atoms with Crippen LogP contribution in [0.2, 0.25) is 5.02 Å². The maximum absolute atomic E-state index is 10.8. The van der Waals surface area contributed by atoms with Gasteiger partial charge in [0.05, 0.1) is 18.1 Å². The zero-order valence-electron chi connectivity index (χ0n) is 27.7. The van der Waals surface area contributed by atoms with Crippen LogP contribution in [0.5, 0.6) is 23.0 Å². The number of ether oxygens (including phenoxy) is 4. The van der Waals surface area contributed by atoms with E-state index in [9.17, 15) is 9.90 Å². The Balaban J connectivity index is 0.00000181. The van der Waals surface area contributed by atoms with Crippen LogP contribution in [0.1, 0.15) is 35.6 Å². The summed E-state index contributed by atoms with van der Waals surface area (Å²) in [5, 5.41) is 29.0. The molecule has 50 heavy (non-hydrogen) atoms. The number of pyridine rings is 1. The molecule has 5 N–H and O–H groups in total. The summed E-state index contributed by atoms with van der Waals surface area (Å²) >= 11 is 8.05. The van der Waals surface area contributed by atoms with Crippen LogP contribution >= 0.6 is 23.5 Å². The first kappa shape index (κ1) is 38.3. The van der Waals surface area contributed by atoms with Gasteiger partial charge in [0.1, 0.15) is 37.9 Å². The Morgan fingerprint density at radius 1 is 1.04 bits per heavy atom. The van der Waals surface area contributed by atoms with E-state index in [4.69, 9.17) is 45.6 Å². The van der Waals surface area contributed by atoms with E-state index in [-0.39, 0.29) is 32.1 Å². The maximum Gasteiger partial charge on any atom is 0.304 e. The molecule has 0 aliphatic carbocycles. The Labute approximate surface area is 299 Å². The lowest BCUT2D eigenvalue weighted by Gasteiger charge is -2.20. The number of carboxylic acid groups (broad SMARTS) is 2. The van der Waals surface area contributed by atoms with Gasteiger partial charge in [0.25, 0.3) is 6.47 Å². The molecule has 1 unspecified atom stereocenters. The minimum atomic E-state index is -0.858. The number of fused-ring (bicyclic) bond motifs is 1. The van der Waals surface area contributed by atoms with Gasteiger partial charge in [-0.05, 0) is 72.3 Å². The van der Waals surface area contributed by atoms with E-state index < -0.39 is 5.97 Å². The Kier molecular flexibility index (Phi) is 15.0. The molecule has 1 aromatic heterocycles. The van der Waals surface area contributed by atoms with E-state index in [1.807, 2.05) is 49.4 Å². The molecule has 3 aromatic carbocycles. The topological polar surface area (TPSA) is 169 Å². The highest BCUT2D eigenvalue weighted by molar-refractivity contribution is 7.97. The standard InChI is InChI=1S/C35H38ClN3O7S.CH2O2/c1-22(19-40)38-17-27-13-30(36)33(15-32(27)45-20-24-12-28(18-37-16-24)47-39-9-8-35(41)42)46-21-26-4-3-5-29(23(26)2)25-6-7-31-34(14-25)44-11-10-43-31;2-1-3/h3-7,12-16,18,22,38-40H,8-11,17,19-21H2,1-2H3,(H,41,42);1H,(H,2,3). The van der Waals surface area contributed by atoms with Gasteiger partial charge >= 0.3 is 5.97 Å². The van der Waals surface area contributed by atoms with Gasteiger partial charge in [-0.3, -0.25) is 19.3 Å². The lowest BCUT2D eigenvalue weighted by Crippen LogP contribution is -2.28. The van der Waals surface area contributed by atoms with Crippen LogP contribution < -0.4 is 29.0 Å². The summed E-state index contributed by atoms with van der Waals surface area (Å²) in [5.41, 5.74) is 5.84. The molecule has 1 aliphatic rings. The van der Waals surface area contributed by atoms with Crippen molar-refractivity contribution in [2.45, 2.75) is 51.0 Å². The summed E-state index contributed by atoms with van der Waals surface area (Å²) in [6.07, 6.45) is 3.45. The summed E-state index contributed by atoms with van der Waals surface area (Å²) in [6, 6.07) is 17.5. The van der Waals surface area contributed by atoms with Gasteiger partial charge in [-0.25, -0.2) is 0 Å². The number of aliphatic carboxylic acids is 1. The molecule has 0 saturated carbocycles. The molecule has 1 atom stereocenters. The quantitative estimate of drug-likeness (QED) is 0.0528. The summed E-state index contributed by atoms with van der Waals surface area (Å²) in [5.74, 6) is 1.70.